The SMILES string of the molecule is C=CC(=O)N1CC(O)(CNC(=O)c2ccn(C3CCCCC3)n2)C1. The third kappa shape index (κ3) is 3.51. The Labute approximate surface area is 141 Å². The summed E-state index contributed by atoms with van der Waals surface area (Å²) in [6, 6.07) is 2.09. The lowest BCUT2D eigenvalue weighted by atomic mass is 9.94. The normalized spacial score (nSPS) is 20.3. The van der Waals surface area contributed by atoms with E-state index in [1.165, 1.54) is 30.2 Å². The topological polar surface area (TPSA) is 87.5 Å². The first-order valence-corrected chi connectivity index (χ1v) is 8.48. The standard InChI is InChI=1S/C17H24N4O3/c1-2-15(22)20-11-17(24,12-20)10-18-16(23)14-8-9-21(19-14)13-6-4-3-5-7-13/h2,8-9,13,24H,1,3-7,10-12H2,(H,18,23). The molecule has 2 N–H and O–H groups in total. The van der Waals surface area contributed by atoms with E-state index in [2.05, 4.69) is 17.0 Å². The minimum atomic E-state index is -1.07. The molecule has 2 heterocycles. The maximum absolute atomic E-state index is 12.2. The molecule has 24 heavy (non-hydrogen) atoms. The molecule has 1 aromatic rings. The summed E-state index contributed by atoms with van der Waals surface area (Å²) >= 11 is 0. The fourth-order valence-electron chi connectivity index (χ4n) is 3.40. The van der Waals surface area contributed by atoms with Crippen LogP contribution in [0.15, 0.2) is 24.9 Å². The largest absolute Gasteiger partial charge is 0.384 e. The van der Waals surface area contributed by atoms with Gasteiger partial charge in [-0.25, -0.2) is 0 Å². The highest BCUT2D eigenvalue weighted by Gasteiger charge is 2.43. The Morgan fingerprint density at radius 1 is 1.38 bits per heavy atom. The molecule has 0 spiro atoms. The lowest BCUT2D eigenvalue weighted by Gasteiger charge is -2.45. The number of hydrogen-bond donors (Lipinski definition) is 2. The second-order valence-electron chi connectivity index (χ2n) is 6.78. The number of carbonyl (C=O) groups excluding carboxylic acids is 2. The van der Waals surface area contributed by atoms with Crippen molar-refractivity contribution in [2.75, 3.05) is 19.6 Å². The molecular formula is C17H24N4O3. The molecule has 0 atom stereocenters. The van der Waals surface area contributed by atoms with E-state index >= 15 is 0 Å². The molecule has 2 aliphatic rings. The van der Waals surface area contributed by atoms with Gasteiger partial charge in [-0.2, -0.15) is 5.10 Å². The molecular weight excluding hydrogens is 308 g/mol. The fraction of sp³-hybridized carbons (Fsp3) is 0.588. The summed E-state index contributed by atoms with van der Waals surface area (Å²) in [6.07, 6.45) is 8.97. The van der Waals surface area contributed by atoms with E-state index in [9.17, 15) is 14.7 Å². The minimum absolute atomic E-state index is 0.100. The van der Waals surface area contributed by atoms with Gasteiger partial charge < -0.3 is 15.3 Å². The van der Waals surface area contributed by atoms with Crippen LogP contribution in [0.25, 0.3) is 0 Å². The smallest absolute Gasteiger partial charge is 0.271 e. The molecule has 1 saturated heterocycles. The van der Waals surface area contributed by atoms with E-state index in [-0.39, 0.29) is 31.4 Å². The summed E-state index contributed by atoms with van der Waals surface area (Å²) < 4.78 is 1.89. The van der Waals surface area contributed by atoms with E-state index in [0.29, 0.717) is 11.7 Å². The van der Waals surface area contributed by atoms with Crippen LogP contribution in [0.2, 0.25) is 0 Å². The van der Waals surface area contributed by atoms with Crippen molar-refractivity contribution in [3.63, 3.8) is 0 Å². The van der Waals surface area contributed by atoms with Gasteiger partial charge in [-0.05, 0) is 25.0 Å². The predicted octanol–water partition coefficient (Wildman–Crippen LogP) is 0.877. The highest BCUT2D eigenvalue weighted by Crippen LogP contribution is 2.27. The van der Waals surface area contributed by atoms with E-state index in [4.69, 9.17) is 0 Å². The van der Waals surface area contributed by atoms with Crippen molar-refractivity contribution < 1.29 is 14.7 Å². The lowest BCUT2D eigenvalue weighted by molar-refractivity contribution is -0.148. The van der Waals surface area contributed by atoms with Gasteiger partial charge in [0, 0.05) is 6.20 Å². The molecule has 1 aromatic heterocycles. The maximum atomic E-state index is 12.2. The van der Waals surface area contributed by atoms with Crippen LogP contribution in [0.4, 0.5) is 0 Å². The van der Waals surface area contributed by atoms with Crippen LogP contribution >= 0.6 is 0 Å². The Kier molecular flexibility index (Phi) is 4.71. The molecule has 1 saturated carbocycles. The minimum Gasteiger partial charge on any atom is -0.384 e. The molecule has 0 bridgehead atoms. The number of nitrogens with zero attached hydrogens (tertiary/aromatic N) is 3. The van der Waals surface area contributed by atoms with Gasteiger partial charge in [0.1, 0.15) is 11.3 Å². The van der Waals surface area contributed by atoms with Crippen molar-refractivity contribution in [2.24, 2.45) is 0 Å². The Bertz CT molecular complexity index is 628. The molecule has 1 aliphatic carbocycles. The highest BCUT2D eigenvalue weighted by atomic mass is 16.3. The van der Waals surface area contributed by atoms with Crippen LogP contribution in [0, 0.1) is 0 Å². The molecule has 7 nitrogen and oxygen atoms in total. The Hall–Kier alpha value is -2.15. The average molecular weight is 332 g/mol. The molecule has 0 radical (unpaired) electrons. The average Bonchev–Trinajstić information content (AvgIpc) is 3.07. The first-order valence-electron chi connectivity index (χ1n) is 8.48. The maximum Gasteiger partial charge on any atom is 0.271 e. The summed E-state index contributed by atoms with van der Waals surface area (Å²) in [6.45, 7) is 3.92. The van der Waals surface area contributed by atoms with Crippen LogP contribution in [-0.4, -0.2) is 56.8 Å². The number of β-amino-alcohol motifs (C(OH)–C–C–N with tert-alkyl or cyclic N) is 1. The summed E-state index contributed by atoms with van der Waals surface area (Å²) in [5.41, 5.74) is -0.706. The number of hydrogen-bond acceptors (Lipinski definition) is 4. The number of likely N-dealkylation sites (tertiary alicyclic amines) is 1. The molecule has 0 aromatic carbocycles. The Morgan fingerprint density at radius 3 is 2.75 bits per heavy atom. The van der Waals surface area contributed by atoms with Crippen LogP contribution < -0.4 is 5.32 Å². The molecule has 0 unspecified atom stereocenters. The second-order valence-corrected chi connectivity index (χ2v) is 6.78. The first kappa shape index (κ1) is 16.7. The summed E-state index contributed by atoms with van der Waals surface area (Å²) in [7, 11) is 0. The predicted molar refractivity (Wildman–Crippen MR) is 88.4 cm³/mol. The number of carbonyl (C=O) groups is 2. The summed E-state index contributed by atoms with van der Waals surface area (Å²) in [5.74, 6) is -0.510. The third-order valence-electron chi connectivity index (χ3n) is 4.82. The van der Waals surface area contributed by atoms with Gasteiger partial charge in [-0.15, -0.1) is 0 Å². The Balaban J connectivity index is 1.50. The monoisotopic (exact) mass is 332 g/mol. The molecule has 130 valence electrons. The van der Waals surface area contributed by atoms with Crippen molar-refractivity contribution in [1.29, 1.82) is 0 Å². The van der Waals surface area contributed by atoms with Crippen molar-refractivity contribution in [1.82, 2.24) is 20.0 Å². The zero-order valence-electron chi connectivity index (χ0n) is 13.8. The van der Waals surface area contributed by atoms with Gasteiger partial charge in [0.25, 0.3) is 5.91 Å². The number of amides is 2. The third-order valence-corrected chi connectivity index (χ3v) is 4.82. The van der Waals surface area contributed by atoms with Crippen molar-refractivity contribution in [2.45, 2.75) is 43.7 Å². The number of rotatable bonds is 5. The summed E-state index contributed by atoms with van der Waals surface area (Å²) in [5, 5.41) is 17.3. The van der Waals surface area contributed by atoms with Gasteiger partial charge in [0.2, 0.25) is 5.91 Å². The first-order chi connectivity index (χ1) is 11.5. The molecule has 3 rings (SSSR count). The van der Waals surface area contributed by atoms with Gasteiger partial charge in [-0.1, -0.05) is 25.8 Å². The van der Waals surface area contributed by atoms with Gasteiger partial charge in [0.05, 0.1) is 25.7 Å². The molecule has 7 heteroatoms. The highest BCUT2D eigenvalue weighted by molar-refractivity contribution is 5.92. The van der Waals surface area contributed by atoms with E-state index in [1.54, 1.807) is 6.07 Å². The van der Waals surface area contributed by atoms with E-state index in [0.717, 1.165) is 12.8 Å². The number of aromatic nitrogens is 2. The van der Waals surface area contributed by atoms with Gasteiger partial charge in [0.15, 0.2) is 0 Å². The zero-order valence-corrected chi connectivity index (χ0v) is 13.8. The van der Waals surface area contributed by atoms with Crippen molar-refractivity contribution in [3.05, 3.63) is 30.6 Å². The van der Waals surface area contributed by atoms with Crippen molar-refractivity contribution in [3.8, 4) is 0 Å². The quantitative estimate of drug-likeness (QED) is 0.784. The second kappa shape index (κ2) is 6.76. The van der Waals surface area contributed by atoms with E-state index < -0.39 is 5.60 Å². The lowest BCUT2D eigenvalue weighted by Crippen LogP contribution is -2.67. The Morgan fingerprint density at radius 2 is 2.08 bits per heavy atom. The van der Waals surface area contributed by atoms with Crippen LogP contribution in [0.3, 0.4) is 0 Å². The number of nitrogens with one attached hydrogen (secondary N) is 1. The molecule has 1 aliphatic heterocycles. The summed E-state index contributed by atoms with van der Waals surface area (Å²) in [4.78, 5) is 25.1. The zero-order chi connectivity index (χ0) is 17.2. The molecule has 2 amide bonds. The van der Waals surface area contributed by atoms with E-state index in [1.807, 2.05) is 10.9 Å². The van der Waals surface area contributed by atoms with Gasteiger partial charge >= 0.3 is 0 Å². The van der Waals surface area contributed by atoms with Crippen LogP contribution in [-0.2, 0) is 4.79 Å². The van der Waals surface area contributed by atoms with Gasteiger partial charge in [-0.3, -0.25) is 14.3 Å². The number of aliphatic hydroxyl groups is 1. The van der Waals surface area contributed by atoms with Crippen LogP contribution in [0.5, 0.6) is 0 Å². The van der Waals surface area contributed by atoms with Crippen LogP contribution in [0.1, 0.15) is 48.6 Å². The molecule has 2 fully saturated rings. The van der Waals surface area contributed by atoms with Crippen molar-refractivity contribution >= 4 is 11.8 Å². The fourth-order valence-corrected chi connectivity index (χ4v) is 3.40.